The Bertz CT molecular complexity index is 1400. The number of anilines is 1. The predicted molar refractivity (Wildman–Crippen MR) is 117 cm³/mol. The number of aryl methyl sites for hydroxylation is 2. The number of aliphatic hydroxyl groups is 2. The Morgan fingerprint density at radius 2 is 1.43 bits per heavy atom. The van der Waals surface area contributed by atoms with Crippen molar-refractivity contribution in [3.63, 3.8) is 0 Å². The number of nitrogens with two attached hydrogens (primary N) is 1. The van der Waals surface area contributed by atoms with Crippen LogP contribution in [0.4, 0.5) is 5.69 Å². The summed E-state index contributed by atoms with van der Waals surface area (Å²) in [5.74, 6) is 0. The van der Waals surface area contributed by atoms with Crippen LogP contribution in [0, 0.1) is 11.3 Å². The molecule has 30 heavy (non-hydrogen) atoms. The van der Waals surface area contributed by atoms with E-state index in [9.17, 15) is 15.5 Å². The number of hydrogen-bond donors (Lipinski definition) is 4. The lowest BCUT2D eigenvalue weighted by atomic mass is 9.94. The number of nitrogens with one attached hydrogen (secondary N) is 1. The van der Waals surface area contributed by atoms with Crippen LogP contribution in [-0.4, -0.2) is 31.8 Å². The first-order chi connectivity index (χ1) is 14.4. The number of fused-ring (bicyclic) bond motifs is 2. The summed E-state index contributed by atoms with van der Waals surface area (Å²) in [5, 5.41) is 35.6. The molecule has 0 radical (unpaired) electrons. The maximum atomic E-state index is 10.8. The second kappa shape index (κ2) is 6.47. The molecule has 0 spiro atoms. The third kappa shape index (κ3) is 2.56. The van der Waals surface area contributed by atoms with Crippen LogP contribution in [0.15, 0.2) is 48.8 Å². The van der Waals surface area contributed by atoms with Gasteiger partial charge in [-0.15, -0.1) is 0 Å². The lowest BCUT2D eigenvalue weighted by molar-refractivity contribution is 0.120. The van der Waals surface area contributed by atoms with Crippen molar-refractivity contribution in [3.05, 3.63) is 65.5 Å². The van der Waals surface area contributed by atoms with E-state index >= 15 is 0 Å². The summed E-state index contributed by atoms with van der Waals surface area (Å²) in [6.07, 6.45) is 1.82. The van der Waals surface area contributed by atoms with E-state index < -0.39 is 12.5 Å². The first-order valence-corrected chi connectivity index (χ1v) is 9.59. The van der Waals surface area contributed by atoms with Crippen molar-refractivity contribution in [2.45, 2.75) is 12.5 Å². The third-order valence-corrected chi connectivity index (χ3v) is 5.87. The molecular weight excluding hydrogens is 378 g/mol. The molecule has 7 nitrogen and oxygen atoms in total. The molecule has 0 fully saturated rings. The van der Waals surface area contributed by atoms with E-state index in [1.54, 1.807) is 6.07 Å². The normalized spacial score (nSPS) is 19.2. The Hall–Kier alpha value is -3.57. The molecule has 1 aliphatic heterocycles. The Balaban J connectivity index is 1.82. The van der Waals surface area contributed by atoms with Crippen molar-refractivity contribution in [1.82, 2.24) is 14.5 Å². The molecule has 0 saturated carbocycles. The number of nitrogens with zero attached hydrogens (tertiary/aromatic N) is 3. The van der Waals surface area contributed by atoms with Crippen molar-refractivity contribution < 1.29 is 10.2 Å². The molecule has 0 saturated heterocycles. The second-order valence-electron chi connectivity index (χ2n) is 7.73. The summed E-state index contributed by atoms with van der Waals surface area (Å²) in [6.45, 7) is 0. The van der Waals surface area contributed by atoms with Crippen LogP contribution in [0.1, 0.15) is 16.7 Å². The van der Waals surface area contributed by atoms with E-state index in [1.807, 2.05) is 66.0 Å². The first kappa shape index (κ1) is 18.5. The Kier molecular flexibility index (Phi) is 3.98. The van der Waals surface area contributed by atoms with Gasteiger partial charge in [0, 0.05) is 70.7 Å². The molecule has 150 valence electrons. The van der Waals surface area contributed by atoms with E-state index in [2.05, 4.69) is 11.4 Å². The fraction of sp³-hybridized carbons (Fsp3) is 0.174. The van der Waals surface area contributed by atoms with Gasteiger partial charge in [0.2, 0.25) is 0 Å². The Labute approximate surface area is 172 Å². The van der Waals surface area contributed by atoms with Gasteiger partial charge in [0.15, 0.2) is 0 Å². The summed E-state index contributed by atoms with van der Waals surface area (Å²) in [4.78, 5) is 0. The van der Waals surface area contributed by atoms with Crippen LogP contribution in [0.25, 0.3) is 33.0 Å². The van der Waals surface area contributed by atoms with Gasteiger partial charge in [0.05, 0.1) is 17.1 Å². The number of rotatable bonds is 2. The Morgan fingerprint density at radius 1 is 0.900 bits per heavy atom. The van der Waals surface area contributed by atoms with E-state index in [-0.39, 0.29) is 0 Å². The number of aromatic nitrogens is 2. The van der Waals surface area contributed by atoms with Crippen LogP contribution < -0.4 is 11.1 Å². The maximum Gasteiger partial charge on any atom is 0.134 e. The van der Waals surface area contributed by atoms with Crippen LogP contribution in [0.2, 0.25) is 0 Å². The number of nitriles is 1. The molecule has 3 heterocycles. The Morgan fingerprint density at radius 3 is 2.00 bits per heavy atom. The summed E-state index contributed by atoms with van der Waals surface area (Å²) >= 11 is 0. The van der Waals surface area contributed by atoms with Gasteiger partial charge in [-0.25, -0.2) is 0 Å². The smallest absolute Gasteiger partial charge is 0.134 e. The highest BCUT2D eigenvalue weighted by Crippen LogP contribution is 2.41. The van der Waals surface area contributed by atoms with Crippen molar-refractivity contribution in [2.24, 2.45) is 14.1 Å². The van der Waals surface area contributed by atoms with Gasteiger partial charge in [-0.05, 0) is 24.3 Å². The van der Waals surface area contributed by atoms with Gasteiger partial charge in [0.25, 0.3) is 0 Å². The van der Waals surface area contributed by atoms with Gasteiger partial charge in [-0.3, -0.25) is 5.32 Å². The molecule has 0 amide bonds. The largest absolute Gasteiger partial charge is 0.399 e. The molecule has 0 bridgehead atoms. The predicted octanol–water partition coefficient (Wildman–Crippen LogP) is 2.27. The number of benzene rings is 2. The second-order valence-corrected chi connectivity index (χ2v) is 7.73. The molecule has 5 rings (SSSR count). The zero-order chi connectivity index (χ0) is 21.2. The zero-order valence-electron chi connectivity index (χ0n) is 16.6. The van der Waals surface area contributed by atoms with Gasteiger partial charge in [-0.1, -0.05) is 12.1 Å². The standard InChI is InChI=1S/C23H21N5O2/c1-27-10-16(14-5-3-12(9-24)7-18(14)27)20-21(23(30)26-22(20)29)17-11-28(2)19-8-13(25)4-6-15(17)19/h3-8,10-11,22-23,26,29-30H,25H2,1-2H3. The lowest BCUT2D eigenvalue weighted by Gasteiger charge is -2.10. The van der Waals surface area contributed by atoms with E-state index in [4.69, 9.17) is 5.73 Å². The van der Waals surface area contributed by atoms with Crippen LogP contribution >= 0.6 is 0 Å². The summed E-state index contributed by atoms with van der Waals surface area (Å²) in [5.41, 5.74) is 11.9. The van der Waals surface area contributed by atoms with Gasteiger partial charge in [-0.2, -0.15) is 5.26 Å². The van der Waals surface area contributed by atoms with Gasteiger partial charge >= 0.3 is 0 Å². The molecular formula is C23H21N5O2. The molecule has 4 aromatic rings. The number of nitrogen functional groups attached to an aromatic ring is 1. The molecule has 2 aromatic carbocycles. The fourth-order valence-corrected chi connectivity index (χ4v) is 4.48. The minimum Gasteiger partial charge on any atom is -0.399 e. The first-order valence-electron chi connectivity index (χ1n) is 9.59. The van der Waals surface area contributed by atoms with Crippen LogP contribution in [-0.2, 0) is 14.1 Å². The number of hydrogen-bond acceptors (Lipinski definition) is 5. The van der Waals surface area contributed by atoms with Crippen molar-refractivity contribution in [1.29, 1.82) is 5.26 Å². The highest BCUT2D eigenvalue weighted by atomic mass is 16.3. The summed E-state index contributed by atoms with van der Waals surface area (Å²) in [6, 6.07) is 13.3. The number of aliphatic hydroxyl groups excluding tert-OH is 2. The highest BCUT2D eigenvalue weighted by Gasteiger charge is 2.35. The molecule has 2 aromatic heterocycles. The lowest BCUT2D eigenvalue weighted by Crippen LogP contribution is -2.31. The maximum absolute atomic E-state index is 10.8. The van der Waals surface area contributed by atoms with Crippen LogP contribution in [0.3, 0.4) is 0 Å². The highest BCUT2D eigenvalue weighted by molar-refractivity contribution is 6.08. The van der Waals surface area contributed by atoms with E-state index in [1.165, 1.54) is 0 Å². The van der Waals surface area contributed by atoms with Crippen LogP contribution in [0.5, 0.6) is 0 Å². The monoisotopic (exact) mass is 399 g/mol. The van der Waals surface area contributed by atoms with E-state index in [0.717, 1.165) is 32.9 Å². The summed E-state index contributed by atoms with van der Waals surface area (Å²) < 4.78 is 3.89. The average Bonchev–Trinajstić information content (AvgIpc) is 3.32. The van der Waals surface area contributed by atoms with Crippen molar-refractivity contribution in [2.75, 3.05) is 5.73 Å². The zero-order valence-corrected chi connectivity index (χ0v) is 16.6. The quantitative estimate of drug-likeness (QED) is 0.386. The molecule has 2 atom stereocenters. The van der Waals surface area contributed by atoms with Crippen molar-refractivity contribution >= 4 is 38.6 Å². The topological polar surface area (TPSA) is 112 Å². The summed E-state index contributed by atoms with van der Waals surface area (Å²) in [7, 11) is 3.83. The van der Waals surface area contributed by atoms with Crippen molar-refractivity contribution in [3.8, 4) is 6.07 Å². The van der Waals surface area contributed by atoms with Gasteiger partial charge in [0.1, 0.15) is 12.5 Å². The van der Waals surface area contributed by atoms with E-state index in [0.29, 0.717) is 22.4 Å². The minimum atomic E-state index is -1.03. The molecule has 0 aliphatic carbocycles. The fourth-order valence-electron chi connectivity index (χ4n) is 4.48. The minimum absolute atomic E-state index is 0.571. The molecule has 7 heteroatoms. The molecule has 5 N–H and O–H groups in total. The molecule has 2 unspecified atom stereocenters. The average molecular weight is 399 g/mol. The SMILES string of the molecule is Cn1cc(C2=C(c3cn(C)c4cc(C#N)ccc34)C(O)NC2O)c2ccc(N)cc21. The third-order valence-electron chi connectivity index (χ3n) is 5.87. The van der Waals surface area contributed by atoms with Gasteiger partial charge < -0.3 is 25.1 Å². The molecule has 1 aliphatic rings.